The largest absolute Gasteiger partial charge is 0.368 e. The van der Waals surface area contributed by atoms with E-state index in [1.54, 1.807) is 18.5 Å². The average molecular weight is 429 g/mol. The second kappa shape index (κ2) is 8.78. The number of aromatic nitrogens is 3. The normalized spacial score (nSPS) is 15.3. The lowest BCUT2D eigenvalue weighted by molar-refractivity contribution is 0.300. The predicted molar refractivity (Wildman–Crippen MR) is 124 cm³/mol. The smallest absolute Gasteiger partial charge is 0.139 e. The Morgan fingerprint density at radius 2 is 1.75 bits per heavy atom. The van der Waals surface area contributed by atoms with E-state index in [2.05, 4.69) is 42.7 Å². The summed E-state index contributed by atoms with van der Waals surface area (Å²) >= 11 is 0. The van der Waals surface area contributed by atoms with E-state index in [0.29, 0.717) is 6.54 Å². The second-order valence-corrected chi connectivity index (χ2v) is 8.04. The van der Waals surface area contributed by atoms with Crippen LogP contribution in [0.15, 0.2) is 67.5 Å². The molecule has 3 heterocycles. The number of rotatable bonds is 6. The molecule has 1 saturated heterocycles. The number of piperazine rings is 1. The Kier molecular flexibility index (Phi) is 5.54. The van der Waals surface area contributed by atoms with E-state index in [0.717, 1.165) is 61.1 Å². The molecule has 0 atom stereocenters. The minimum Gasteiger partial charge on any atom is -0.368 e. The van der Waals surface area contributed by atoms with E-state index in [-0.39, 0.29) is 5.82 Å². The van der Waals surface area contributed by atoms with Gasteiger partial charge in [-0.2, -0.15) is 0 Å². The van der Waals surface area contributed by atoms with Gasteiger partial charge in [-0.05, 0) is 47.0 Å². The molecule has 5 rings (SSSR count). The zero-order valence-corrected chi connectivity index (χ0v) is 17.8. The molecule has 6 nitrogen and oxygen atoms in total. The number of hydrogen-bond donors (Lipinski definition) is 1. The number of anilines is 1. The number of allylic oxidation sites excluding steroid dienone is 1. The van der Waals surface area contributed by atoms with Crippen LogP contribution >= 0.6 is 0 Å². The molecular weight excluding hydrogens is 403 g/mol. The van der Waals surface area contributed by atoms with Crippen molar-refractivity contribution in [3.05, 3.63) is 95.7 Å². The summed E-state index contributed by atoms with van der Waals surface area (Å²) in [6.45, 7) is 8.25. The third kappa shape index (κ3) is 4.19. The first kappa shape index (κ1) is 20.2. The van der Waals surface area contributed by atoms with Gasteiger partial charge in [-0.1, -0.05) is 18.7 Å². The van der Waals surface area contributed by atoms with Crippen LogP contribution in [-0.2, 0) is 13.0 Å². The van der Waals surface area contributed by atoms with Crippen molar-refractivity contribution in [1.82, 2.24) is 25.2 Å². The van der Waals surface area contributed by atoms with Gasteiger partial charge in [0.25, 0.3) is 0 Å². The van der Waals surface area contributed by atoms with E-state index in [9.17, 15) is 4.39 Å². The van der Waals surface area contributed by atoms with Crippen LogP contribution in [0.4, 0.5) is 10.2 Å². The van der Waals surface area contributed by atoms with Crippen LogP contribution < -0.4 is 10.2 Å². The minimum absolute atomic E-state index is 0.220. The number of fused-ring (bicyclic) bond motifs is 1. The number of hydrogen-bond acceptors (Lipinski definition) is 6. The van der Waals surface area contributed by atoms with Gasteiger partial charge in [-0.25, -0.2) is 14.4 Å². The van der Waals surface area contributed by atoms with Crippen LogP contribution in [0.5, 0.6) is 0 Å². The summed E-state index contributed by atoms with van der Waals surface area (Å²) in [7, 11) is 0. The molecule has 1 N–H and O–H groups in total. The first-order chi connectivity index (χ1) is 15.7. The van der Waals surface area contributed by atoms with Gasteiger partial charge >= 0.3 is 0 Å². The molecule has 0 unspecified atom stereocenters. The summed E-state index contributed by atoms with van der Waals surface area (Å²) in [5.41, 5.74) is 5.66. The maximum atomic E-state index is 13.1. The Hall–Kier alpha value is -3.74. The number of nitrogens with zero attached hydrogens (tertiary/aromatic N) is 5. The fraction of sp³-hybridized carbons (Fsp3) is 0.240. The maximum absolute atomic E-state index is 13.1. The standard InChI is InChI=1S/C25H25FN6/c1-18(28-16-19-2-4-22(26)5-3-19)31-10-12-32(13-11-31)25-23-14-21(15-24(23)29-17-30-25)20-6-8-27-9-7-20/h2-9,14,17,28H,1,10-13,15-16H2. The van der Waals surface area contributed by atoms with Crippen LogP contribution in [0.25, 0.3) is 11.6 Å². The van der Waals surface area contributed by atoms with Crippen molar-refractivity contribution >= 4 is 17.5 Å². The van der Waals surface area contributed by atoms with E-state index in [1.165, 1.54) is 23.3 Å². The van der Waals surface area contributed by atoms with Gasteiger partial charge in [-0.3, -0.25) is 4.98 Å². The number of halogens is 1. The molecule has 0 amide bonds. The highest BCUT2D eigenvalue weighted by Crippen LogP contribution is 2.35. The molecule has 2 aliphatic rings. The molecule has 0 bridgehead atoms. The van der Waals surface area contributed by atoms with E-state index < -0.39 is 0 Å². The van der Waals surface area contributed by atoms with Gasteiger partial charge in [0.2, 0.25) is 0 Å². The van der Waals surface area contributed by atoms with Crippen LogP contribution in [0.2, 0.25) is 0 Å². The van der Waals surface area contributed by atoms with Crippen molar-refractivity contribution in [2.45, 2.75) is 13.0 Å². The third-order valence-electron chi connectivity index (χ3n) is 6.04. The third-order valence-corrected chi connectivity index (χ3v) is 6.04. The van der Waals surface area contributed by atoms with Gasteiger partial charge in [0.15, 0.2) is 0 Å². The predicted octanol–water partition coefficient (Wildman–Crippen LogP) is 3.49. The molecule has 1 aliphatic carbocycles. The molecule has 32 heavy (non-hydrogen) atoms. The highest BCUT2D eigenvalue weighted by atomic mass is 19.1. The molecule has 162 valence electrons. The quantitative estimate of drug-likeness (QED) is 0.649. The molecule has 7 heteroatoms. The molecule has 0 saturated carbocycles. The van der Waals surface area contributed by atoms with Crippen molar-refractivity contribution in [2.75, 3.05) is 31.1 Å². The zero-order valence-electron chi connectivity index (χ0n) is 17.8. The Bertz CT molecular complexity index is 1130. The average Bonchev–Trinajstić information content (AvgIpc) is 3.29. The van der Waals surface area contributed by atoms with Crippen molar-refractivity contribution in [2.24, 2.45) is 0 Å². The van der Waals surface area contributed by atoms with E-state index in [4.69, 9.17) is 0 Å². The van der Waals surface area contributed by atoms with Gasteiger partial charge in [-0.15, -0.1) is 0 Å². The summed E-state index contributed by atoms with van der Waals surface area (Å²) in [5.74, 6) is 1.67. The first-order valence-electron chi connectivity index (χ1n) is 10.8. The zero-order chi connectivity index (χ0) is 21.9. The van der Waals surface area contributed by atoms with Gasteiger partial charge in [0.05, 0.1) is 11.5 Å². The first-order valence-corrected chi connectivity index (χ1v) is 10.8. The summed E-state index contributed by atoms with van der Waals surface area (Å²) in [6, 6.07) is 10.6. The van der Waals surface area contributed by atoms with E-state index >= 15 is 0 Å². The lowest BCUT2D eigenvalue weighted by Gasteiger charge is -2.38. The molecule has 1 aromatic carbocycles. The summed E-state index contributed by atoms with van der Waals surface area (Å²) < 4.78 is 13.1. The molecule has 1 fully saturated rings. The number of pyridine rings is 1. The van der Waals surface area contributed by atoms with Crippen molar-refractivity contribution < 1.29 is 4.39 Å². The van der Waals surface area contributed by atoms with Crippen LogP contribution in [-0.4, -0.2) is 46.0 Å². The van der Waals surface area contributed by atoms with Crippen LogP contribution in [0.1, 0.15) is 22.4 Å². The van der Waals surface area contributed by atoms with E-state index in [1.807, 2.05) is 24.5 Å². The summed E-state index contributed by atoms with van der Waals surface area (Å²) in [5, 5.41) is 3.36. The monoisotopic (exact) mass is 428 g/mol. The molecule has 2 aromatic heterocycles. The number of benzene rings is 1. The molecule has 0 spiro atoms. The molecule has 1 aliphatic heterocycles. The van der Waals surface area contributed by atoms with Crippen LogP contribution in [0.3, 0.4) is 0 Å². The lowest BCUT2D eigenvalue weighted by atomic mass is 10.1. The van der Waals surface area contributed by atoms with Crippen LogP contribution in [0, 0.1) is 5.82 Å². The van der Waals surface area contributed by atoms with Gasteiger partial charge in [0.1, 0.15) is 18.0 Å². The maximum Gasteiger partial charge on any atom is 0.139 e. The lowest BCUT2D eigenvalue weighted by Crippen LogP contribution is -2.48. The molecular formula is C25H25FN6. The number of nitrogens with one attached hydrogen (secondary N) is 1. The van der Waals surface area contributed by atoms with Crippen molar-refractivity contribution in [1.29, 1.82) is 0 Å². The minimum atomic E-state index is -0.220. The Balaban J connectivity index is 1.22. The second-order valence-electron chi connectivity index (χ2n) is 8.04. The van der Waals surface area contributed by atoms with Crippen molar-refractivity contribution in [3.8, 4) is 0 Å². The fourth-order valence-corrected chi connectivity index (χ4v) is 4.23. The highest BCUT2D eigenvalue weighted by molar-refractivity contribution is 5.91. The highest BCUT2D eigenvalue weighted by Gasteiger charge is 2.25. The van der Waals surface area contributed by atoms with Crippen molar-refractivity contribution in [3.63, 3.8) is 0 Å². The Labute approximate surface area is 187 Å². The Morgan fingerprint density at radius 3 is 2.50 bits per heavy atom. The summed E-state index contributed by atoms with van der Waals surface area (Å²) in [6.07, 6.45) is 8.35. The molecule has 3 aromatic rings. The fourth-order valence-electron chi connectivity index (χ4n) is 4.23. The Morgan fingerprint density at radius 1 is 1.00 bits per heavy atom. The SMILES string of the molecule is C=C(NCc1ccc(F)cc1)N1CCN(c2ncnc3c2C=C(c2ccncc2)C3)CC1. The molecule has 0 radical (unpaired) electrons. The topological polar surface area (TPSA) is 57.2 Å². The summed E-state index contributed by atoms with van der Waals surface area (Å²) in [4.78, 5) is 17.9. The van der Waals surface area contributed by atoms with Gasteiger partial charge in [0, 0.05) is 57.1 Å². The van der Waals surface area contributed by atoms with Gasteiger partial charge < -0.3 is 15.1 Å².